The Bertz CT molecular complexity index is 946. The van der Waals surface area contributed by atoms with Crippen LogP contribution in [0.5, 0.6) is 0 Å². The van der Waals surface area contributed by atoms with Crippen molar-refractivity contribution in [3.8, 4) is 0 Å². The number of nitrogens with zero attached hydrogens (tertiary/aromatic N) is 2. The molecule has 1 amide bonds. The van der Waals surface area contributed by atoms with Crippen molar-refractivity contribution in [2.45, 2.75) is 0 Å². The molecule has 1 heterocycles. The first-order valence-electron chi connectivity index (χ1n) is 7.23. The molecule has 0 spiro atoms. The summed E-state index contributed by atoms with van der Waals surface area (Å²) in [5, 5.41) is 4.93. The molecular weight excluding hydrogens is 352 g/mol. The highest BCUT2D eigenvalue weighted by Crippen LogP contribution is 2.22. The Morgan fingerprint density at radius 1 is 0.846 bits per heavy atom. The molecule has 0 aliphatic carbocycles. The molecular formula is C17H10F4N4O. The van der Waals surface area contributed by atoms with Crippen LogP contribution in [0.4, 0.5) is 34.8 Å². The van der Waals surface area contributed by atoms with E-state index in [9.17, 15) is 22.4 Å². The zero-order valence-electron chi connectivity index (χ0n) is 12.9. The van der Waals surface area contributed by atoms with Crippen molar-refractivity contribution >= 4 is 23.1 Å². The molecule has 0 saturated carbocycles. The molecule has 3 aromatic rings. The van der Waals surface area contributed by atoms with Gasteiger partial charge in [-0.05, 0) is 36.4 Å². The standard InChI is InChI=1S/C17H10F4N4O/c18-9-1-3-10(4-2-9)24-17(26)13-7-23-14(8-22-13)25-12-6-5-11(19)15(20)16(12)21/h1-8H,(H,23,25)(H,24,26). The number of carbonyl (C=O) groups excluding carboxylic acids is 1. The van der Waals surface area contributed by atoms with Gasteiger partial charge in [0.15, 0.2) is 17.5 Å². The van der Waals surface area contributed by atoms with Gasteiger partial charge in [-0.3, -0.25) is 4.79 Å². The van der Waals surface area contributed by atoms with E-state index >= 15 is 0 Å². The lowest BCUT2D eigenvalue weighted by molar-refractivity contribution is 0.102. The number of rotatable bonds is 4. The quantitative estimate of drug-likeness (QED) is 0.543. The van der Waals surface area contributed by atoms with Gasteiger partial charge >= 0.3 is 0 Å². The number of nitrogens with one attached hydrogen (secondary N) is 2. The number of benzene rings is 2. The maximum absolute atomic E-state index is 13.6. The van der Waals surface area contributed by atoms with E-state index in [-0.39, 0.29) is 17.2 Å². The van der Waals surface area contributed by atoms with Crippen LogP contribution in [-0.2, 0) is 0 Å². The maximum Gasteiger partial charge on any atom is 0.275 e. The first-order chi connectivity index (χ1) is 12.4. The Labute approximate surface area is 144 Å². The minimum atomic E-state index is -1.61. The molecule has 132 valence electrons. The van der Waals surface area contributed by atoms with Crippen molar-refractivity contribution in [1.82, 2.24) is 9.97 Å². The normalized spacial score (nSPS) is 10.5. The summed E-state index contributed by atoms with van der Waals surface area (Å²) in [7, 11) is 0. The summed E-state index contributed by atoms with van der Waals surface area (Å²) in [5.74, 6) is -5.33. The van der Waals surface area contributed by atoms with E-state index in [1.807, 2.05) is 0 Å². The van der Waals surface area contributed by atoms with Crippen LogP contribution in [-0.4, -0.2) is 15.9 Å². The molecule has 0 fully saturated rings. The summed E-state index contributed by atoms with van der Waals surface area (Å²) in [5.41, 5.74) is -0.0170. The molecule has 0 saturated heterocycles. The third kappa shape index (κ3) is 3.77. The van der Waals surface area contributed by atoms with E-state index in [1.165, 1.54) is 24.3 Å². The summed E-state index contributed by atoms with van der Waals surface area (Å²) in [6, 6.07) is 6.89. The highest BCUT2D eigenvalue weighted by molar-refractivity contribution is 6.02. The molecule has 0 aliphatic heterocycles. The highest BCUT2D eigenvalue weighted by atomic mass is 19.2. The van der Waals surface area contributed by atoms with Crippen LogP contribution < -0.4 is 10.6 Å². The number of halogens is 4. The second kappa shape index (κ2) is 7.18. The van der Waals surface area contributed by atoms with Crippen molar-refractivity contribution in [1.29, 1.82) is 0 Å². The predicted octanol–water partition coefficient (Wildman–Crippen LogP) is 4.03. The zero-order chi connectivity index (χ0) is 18.7. The molecule has 0 unspecified atom stereocenters. The topological polar surface area (TPSA) is 66.9 Å². The van der Waals surface area contributed by atoms with E-state index in [0.29, 0.717) is 5.69 Å². The summed E-state index contributed by atoms with van der Waals surface area (Å²) in [6.07, 6.45) is 2.24. The first kappa shape index (κ1) is 17.3. The van der Waals surface area contributed by atoms with Crippen molar-refractivity contribution in [3.63, 3.8) is 0 Å². The van der Waals surface area contributed by atoms with Crippen molar-refractivity contribution in [3.05, 3.63) is 77.8 Å². The molecule has 0 radical (unpaired) electrons. The fourth-order valence-electron chi connectivity index (χ4n) is 2.00. The lowest BCUT2D eigenvalue weighted by atomic mass is 10.3. The number of aromatic nitrogens is 2. The van der Waals surface area contributed by atoms with Crippen LogP contribution in [0.25, 0.3) is 0 Å². The smallest absolute Gasteiger partial charge is 0.275 e. The molecule has 2 N–H and O–H groups in total. The first-order valence-corrected chi connectivity index (χ1v) is 7.23. The van der Waals surface area contributed by atoms with Crippen molar-refractivity contribution in [2.24, 2.45) is 0 Å². The zero-order valence-corrected chi connectivity index (χ0v) is 12.9. The van der Waals surface area contributed by atoms with Crippen molar-refractivity contribution in [2.75, 3.05) is 10.6 Å². The molecule has 9 heteroatoms. The molecule has 5 nitrogen and oxygen atoms in total. The van der Waals surface area contributed by atoms with E-state index < -0.39 is 29.2 Å². The molecule has 2 aromatic carbocycles. The third-order valence-corrected chi connectivity index (χ3v) is 3.28. The van der Waals surface area contributed by atoms with Gasteiger partial charge in [0.1, 0.15) is 17.3 Å². The average molecular weight is 362 g/mol. The summed E-state index contributed by atoms with van der Waals surface area (Å²) in [4.78, 5) is 19.7. The van der Waals surface area contributed by atoms with Crippen LogP contribution in [0, 0.1) is 23.3 Å². The molecule has 26 heavy (non-hydrogen) atoms. The SMILES string of the molecule is O=C(Nc1ccc(F)cc1)c1cnc(Nc2ccc(F)c(F)c2F)cn1. The minimum Gasteiger partial charge on any atom is -0.336 e. The van der Waals surface area contributed by atoms with Crippen LogP contribution in [0.2, 0.25) is 0 Å². The minimum absolute atomic E-state index is 0.0215. The second-order valence-corrected chi connectivity index (χ2v) is 5.10. The molecule has 1 aromatic heterocycles. The number of hydrogen-bond acceptors (Lipinski definition) is 4. The van der Waals surface area contributed by atoms with Crippen molar-refractivity contribution < 1.29 is 22.4 Å². The van der Waals surface area contributed by atoms with Gasteiger partial charge < -0.3 is 10.6 Å². The van der Waals surface area contributed by atoms with Gasteiger partial charge in [0, 0.05) is 5.69 Å². The lowest BCUT2D eigenvalue weighted by Crippen LogP contribution is -2.14. The monoisotopic (exact) mass is 362 g/mol. The van der Waals surface area contributed by atoms with Gasteiger partial charge in [0.25, 0.3) is 5.91 Å². The predicted molar refractivity (Wildman–Crippen MR) is 86.0 cm³/mol. The van der Waals surface area contributed by atoms with Gasteiger partial charge in [0.05, 0.1) is 18.1 Å². The molecule has 0 aliphatic rings. The maximum atomic E-state index is 13.6. The fourth-order valence-corrected chi connectivity index (χ4v) is 2.00. The molecule has 0 bridgehead atoms. The summed E-state index contributed by atoms with van der Waals surface area (Å²) >= 11 is 0. The van der Waals surface area contributed by atoms with Crippen LogP contribution in [0.3, 0.4) is 0 Å². The van der Waals surface area contributed by atoms with Gasteiger partial charge in [-0.15, -0.1) is 0 Å². The fraction of sp³-hybridized carbons (Fsp3) is 0. The molecule has 3 rings (SSSR count). The second-order valence-electron chi connectivity index (χ2n) is 5.10. The summed E-state index contributed by atoms with van der Waals surface area (Å²) in [6.45, 7) is 0. The number of amides is 1. The Balaban J connectivity index is 1.71. The lowest BCUT2D eigenvalue weighted by Gasteiger charge is -2.08. The Kier molecular flexibility index (Phi) is 4.78. The number of anilines is 3. The van der Waals surface area contributed by atoms with Crippen LogP contribution >= 0.6 is 0 Å². The van der Waals surface area contributed by atoms with E-state index in [4.69, 9.17) is 0 Å². The number of carbonyl (C=O) groups is 1. The average Bonchev–Trinajstić information content (AvgIpc) is 2.64. The van der Waals surface area contributed by atoms with E-state index in [0.717, 1.165) is 24.5 Å². The van der Waals surface area contributed by atoms with Gasteiger partial charge in [-0.1, -0.05) is 0 Å². The largest absolute Gasteiger partial charge is 0.336 e. The third-order valence-electron chi connectivity index (χ3n) is 3.28. The Morgan fingerprint density at radius 2 is 1.58 bits per heavy atom. The van der Waals surface area contributed by atoms with Crippen LogP contribution in [0.1, 0.15) is 10.5 Å². The van der Waals surface area contributed by atoms with E-state index in [2.05, 4.69) is 20.6 Å². The Morgan fingerprint density at radius 3 is 2.23 bits per heavy atom. The van der Waals surface area contributed by atoms with Gasteiger partial charge in [0.2, 0.25) is 0 Å². The van der Waals surface area contributed by atoms with E-state index in [1.54, 1.807) is 0 Å². The van der Waals surface area contributed by atoms with Crippen LogP contribution in [0.15, 0.2) is 48.8 Å². The molecule has 0 atom stereocenters. The number of hydrogen-bond donors (Lipinski definition) is 2. The Hall–Kier alpha value is -3.49. The van der Waals surface area contributed by atoms with Gasteiger partial charge in [-0.25, -0.2) is 27.5 Å². The summed E-state index contributed by atoms with van der Waals surface area (Å²) < 4.78 is 52.5. The highest BCUT2D eigenvalue weighted by Gasteiger charge is 2.14. The van der Waals surface area contributed by atoms with Gasteiger partial charge in [-0.2, -0.15) is 0 Å².